The fourth-order valence-corrected chi connectivity index (χ4v) is 3.95. The van der Waals surface area contributed by atoms with E-state index in [0.717, 1.165) is 29.9 Å². The normalized spacial score (nSPS) is 16.0. The van der Waals surface area contributed by atoms with Crippen molar-refractivity contribution in [1.29, 1.82) is 0 Å². The summed E-state index contributed by atoms with van der Waals surface area (Å²) in [4.78, 5) is 28.5. The van der Waals surface area contributed by atoms with Crippen LogP contribution in [0.3, 0.4) is 0 Å². The molecule has 0 aromatic heterocycles. The number of fused-ring (bicyclic) bond motifs is 1. The lowest BCUT2D eigenvalue weighted by Crippen LogP contribution is -2.52. The van der Waals surface area contributed by atoms with E-state index < -0.39 is 12.0 Å². The van der Waals surface area contributed by atoms with Crippen LogP contribution in [-0.4, -0.2) is 47.6 Å². The Hall–Kier alpha value is -2.57. The molecule has 31 heavy (non-hydrogen) atoms. The molecule has 2 aromatic rings. The zero-order valence-corrected chi connectivity index (χ0v) is 18.8. The standard InChI is InChI=1S/C22H24ClN3O3.C2H6/c23-18-5-7-19(8-6-18)25-11-15(12-25)10-24-22(29)20(27)9-21(28)26-13-16-3-1-2-4-17(16)14-26;1-2/h1-8,15,20,27H,9-14H2,(H,24,29);1-2H3/t20-;/m1./s1. The van der Waals surface area contributed by atoms with Crippen LogP contribution in [0.15, 0.2) is 48.5 Å². The molecule has 1 atom stereocenters. The summed E-state index contributed by atoms with van der Waals surface area (Å²) in [5.74, 6) is -0.368. The van der Waals surface area contributed by atoms with Gasteiger partial charge < -0.3 is 20.2 Å². The van der Waals surface area contributed by atoms with Gasteiger partial charge in [-0.1, -0.05) is 49.7 Å². The Morgan fingerprint density at radius 1 is 1.06 bits per heavy atom. The molecule has 2 aromatic carbocycles. The fourth-order valence-electron chi connectivity index (χ4n) is 3.82. The Balaban J connectivity index is 0.00000132. The fraction of sp³-hybridized carbons (Fsp3) is 0.417. The number of amides is 2. The van der Waals surface area contributed by atoms with Crippen molar-refractivity contribution in [3.8, 4) is 0 Å². The summed E-state index contributed by atoms with van der Waals surface area (Å²) in [7, 11) is 0. The van der Waals surface area contributed by atoms with Crippen molar-refractivity contribution < 1.29 is 14.7 Å². The number of carbonyl (C=O) groups excluding carboxylic acids is 2. The lowest BCUT2D eigenvalue weighted by atomic mass is 9.99. The Kier molecular flexibility index (Phi) is 7.93. The van der Waals surface area contributed by atoms with Gasteiger partial charge in [-0.15, -0.1) is 0 Å². The number of nitrogens with one attached hydrogen (secondary N) is 1. The van der Waals surface area contributed by atoms with Crippen LogP contribution in [0.2, 0.25) is 5.02 Å². The number of aliphatic hydroxyl groups is 1. The summed E-state index contributed by atoms with van der Waals surface area (Å²) in [5, 5.41) is 13.6. The van der Waals surface area contributed by atoms with Crippen LogP contribution in [0.1, 0.15) is 31.4 Å². The Labute approximate surface area is 188 Å². The van der Waals surface area contributed by atoms with Gasteiger partial charge in [0.25, 0.3) is 0 Å². The Bertz CT molecular complexity index is 872. The Morgan fingerprint density at radius 2 is 1.65 bits per heavy atom. The van der Waals surface area contributed by atoms with Crippen molar-refractivity contribution in [2.24, 2.45) is 5.92 Å². The highest BCUT2D eigenvalue weighted by atomic mass is 35.5. The zero-order chi connectivity index (χ0) is 22.4. The smallest absolute Gasteiger partial charge is 0.249 e. The first kappa shape index (κ1) is 23.1. The number of carbonyl (C=O) groups is 2. The molecule has 0 saturated carbocycles. The number of aliphatic hydroxyl groups excluding tert-OH is 1. The third-order valence-corrected chi connectivity index (χ3v) is 5.83. The van der Waals surface area contributed by atoms with Gasteiger partial charge in [-0.2, -0.15) is 0 Å². The topological polar surface area (TPSA) is 72.9 Å². The van der Waals surface area contributed by atoms with Gasteiger partial charge in [0.2, 0.25) is 11.8 Å². The second-order valence-electron chi connectivity index (χ2n) is 7.73. The quantitative estimate of drug-likeness (QED) is 0.719. The maximum atomic E-state index is 12.4. The van der Waals surface area contributed by atoms with E-state index in [1.807, 2.05) is 62.4 Å². The number of halogens is 1. The van der Waals surface area contributed by atoms with Gasteiger partial charge in [0.15, 0.2) is 0 Å². The monoisotopic (exact) mass is 443 g/mol. The van der Waals surface area contributed by atoms with Crippen molar-refractivity contribution in [2.45, 2.75) is 39.5 Å². The minimum Gasteiger partial charge on any atom is -0.383 e. The van der Waals surface area contributed by atoms with Gasteiger partial charge in [0.1, 0.15) is 6.10 Å². The predicted molar refractivity (Wildman–Crippen MR) is 123 cm³/mol. The highest BCUT2D eigenvalue weighted by Crippen LogP contribution is 2.26. The van der Waals surface area contributed by atoms with E-state index >= 15 is 0 Å². The summed E-state index contributed by atoms with van der Waals surface area (Å²) in [6, 6.07) is 15.6. The summed E-state index contributed by atoms with van der Waals surface area (Å²) >= 11 is 5.90. The number of anilines is 1. The van der Waals surface area contributed by atoms with E-state index in [-0.39, 0.29) is 12.3 Å². The molecular formula is C24H30ClN3O3. The third-order valence-electron chi connectivity index (χ3n) is 5.58. The lowest BCUT2D eigenvalue weighted by molar-refractivity contribution is -0.140. The van der Waals surface area contributed by atoms with Crippen molar-refractivity contribution in [1.82, 2.24) is 10.2 Å². The highest BCUT2D eigenvalue weighted by molar-refractivity contribution is 6.30. The van der Waals surface area contributed by atoms with Crippen molar-refractivity contribution in [3.05, 3.63) is 64.7 Å². The van der Waals surface area contributed by atoms with Gasteiger partial charge in [0.05, 0.1) is 6.42 Å². The lowest BCUT2D eigenvalue weighted by Gasteiger charge is -2.41. The molecular weight excluding hydrogens is 414 g/mol. The molecule has 0 spiro atoms. The molecule has 1 fully saturated rings. The van der Waals surface area contributed by atoms with Crippen LogP contribution in [-0.2, 0) is 22.7 Å². The second-order valence-corrected chi connectivity index (χ2v) is 8.17. The first-order valence-corrected chi connectivity index (χ1v) is 11.2. The number of hydrogen-bond donors (Lipinski definition) is 2. The molecule has 6 nitrogen and oxygen atoms in total. The number of nitrogens with zero attached hydrogens (tertiary/aromatic N) is 2. The van der Waals surface area contributed by atoms with Crippen LogP contribution in [0.5, 0.6) is 0 Å². The average Bonchev–Trinajstić information content (AvgIpc) is 3.19. The molecule has 7 heteroatoms. The summed E-state index contributed by atoms with van der Waals surface area (Å²) in [6.07, 6.45) is -1.51. The largest absolute Gasteiger partial charge is 0.383 e. The van der Waals surface area contributed by atoms with E-state index in [0.29, 0.717) is 30.6 Å². The molecule has 2 aliphatic heterocycles. The molecule has 2 heterocycles. The van der Waals surface area contributed by atoms with Crippen molar-refractivity contribution in [3.63, 3.8) is 0 Å². The minimum absolute atomic E-state index is 0.193. The van der Waals surface area contributed by atoms with Gasteiger partial charge in [0, 0.05) is 49.4 Å². The molecule has 0 radical (unpaired) electrons. The van der Waals surface area contributed by atoms with E-state index in [4.69, 9.17) is 11.6 Å². The average molecular weight is 444 g/mol. The van der Waals surface area contributed by atoms with Crippen LogP contribution >= 0.6 is 11.6 Å². The van der Waals surface area contributed by atoms with Crippen molar-refractivity contribution >= 4 is 29.1 Å². The number of rotatable bonds is 6. The molecule has 2 aliphatic rings. The SMILES string of the molecule is CC.O=C(NCC1CN(c2ccc(Cl)cc2)C1)[C@H](O)CC(=O)N1Cc2ccccc2C1. The van der Waals surface area contributed by atoms with Gasteiger partial charge in [-0.05, 0) is 35.4 Å². The van der Waals surface area contributed by atoms with Crippen LogP contribution in [0, 0.1) is 5.92 Å². The highest BCUT2D eigenvalue weighted by Gasteiger charge is 2.30. The molecule has 2 N–H and O–H groups in total. The van der Waals surface area contributed by atoms with E-state index in [1.165, 1.54) is 0 Å². The van der Waals surface area contributed by atoms with Gasteiger partial charge in [-0.3, -0.25) is 9.59 Å². The summed E-state index contributed by atoms with van der Waals surface area (Å²) < 4.78 is 0. The van der Waals surface area contributed by atoms with E-state index in [9.17, 15) is 14.7 Å². The predicted octanol–water partition coefficient (Wildman–Crippen LogP) is 3.21. The van der Waals surface area contributed by atoms with E-state index in [1.54, 1.807) is 4.90 Å². The van der Waals surface area contributed by atoms with Crippen LogP contribution in [0.25, 0.3) is 0 Å². The number of hydrogen-bond acceptors (Lipinski definition) is 4. The molecule has 2 amide bonds. The van der Waals surface area contributed by atoms with E-state index in [2.05, 4.69) is 10.2 Å². The molecule has 166 valence electrons. The second kappa shape index (κ2) is 10.6. The zero-order valence-electron chi connectivity index (χ0n) is 18.1. The summed E-state index contributed by atoms with van der Waals surface area (Å²) in [5.41, 5.74) is 3.35. The Morgan fingerprint density at radius 3 is 2.23 bits per heavy atom. The molecule has 0 unspecified atom stereocenters. The minimum atomic E-state index is -1.32. The molecule has 4 rings (SSSR count). The molecule has 1 saturated heterocycles. The first-order chi connectivity index (χ1) is 15.0. The first-order valence-electron chi connectivity index (χ1n) is 10.8. The third kappa shape index (κ3) is 5.77. The van der Waals surface area contributed by atoms with Gasteiger partial charge in [-0.25, -0.2) is 0 Å². The van der Waals surface area contributed by atoms with Crippen LogP contribution < -0.4 is 10.2 Å². The molecule has 0 bridgehead atoms. The van der Waals surface area contributed by atoms with Crippen molar-refractivity contribution in [2.75, 3.05) is 24.5 Å². The van der Waals surface area contributed by atoms with Crippen LogP contribution in [0.4, 0.5) is 5.69 Å². The number of benzene rings is 2. The van der Waals surface area contributed by atoms with Gasteiger partial charge >= 0.3 is 0 Å². The maximum absolute atomic E-state index is 12.4. The summed E-state index contributed by atoms with van der Waals surface area (Å²) in [6.45, 7) is 7.23. The molecule has 0 aliphatic carbocycles. The maximum Gasteiger partial charge on any atom is 0.249 e.